The quantitative estimate of drug-likeness (QED) is 0.782. The molecule has 4 heteroatoms. The predicted octanol–water partition coefficient (Wildman–Crippen LogP) is 3.48. The molecule has 1 N–H and O–H groups in total. The van der Waals surface area contributed by atoms with Crippen molar-refractivity contribution in [2.75, 3.05) is 0 Å². The smallest absolute Gasteiger partial charge is 0.251 e. The van der Waals surface area contributed by atoms with Crippen LogP contribution in [0.1, 0.15) is 32.6 Å². The first-order valence-corrected chi connectivity index (χ1v) is 8.02. The zero-order chi connectivity index (χ0) is 16.9. The average Bonchev–Trinajstić information content (AvgIpc) is 3.06. The van der Waals surface area contributed by atoms with Gasteiger partial charge < -0.3 is 5.32 Å². The number of rotatable bonds is 5. The Morgan fingerprint density at radius 2 is 1.75 bits per heavy atom. The fraction of sp³-hybridized carbons (Fsp3) is 0.200. The number of aromatic nitrogens is 2. The summed E-state index contributed by atoms with van der Waals surface area (Å²) in [6.45, 7) is 5.21. The van der Waals surface area contributed by atoms with Gasteiger partial charge in [0, 0.05) is 24.5 Å². The minimum Gasteiger partial charge on any atom is -0.348 e. The van der Waals surface area contributed by atoms with Crippen molar-refractivity contribution in [3.8, 4) is 0 Å². The number of nitrogens with zero attached hydrogens (tertiary/aromatic N) is 2. The lowest BCUT2D eigenvalue weighted by molar-refractivity contribution is 0.0950. The van der Waals surface area contributed by atoms with Gasteiger partial charge in [-0.05, 0) is 43.2 Å². The maximum atomic E-state index is 12.4. The fourth-order valence-corrected chi connectivity index (χ4v) is 2.84. The Morgan fingerprint density at radius 1 is 1.04 bits per heavy atom. The molecule has 1 aromatic heterocycles. The van der Waals surface area contributed by atoms with Gasteiger partial charge in [0.25, 0.3) is 5.91 Å². The van der Waals surface area contributed by atoms with Gasteiger partial charge in [-0.3, -0.25) is 9.48 Å². The summed E-state index contributed by atoms with van der Waals surface area (Å²) >= 11 is 0. The van der Waals surface area contributed by atoms with Crippen molar-refractivity contribution in [1.82, 2.24) is 15.1 Å². The number of nitrogens with one attached hydrogen (secondary N) is 1. The molecule has 0 radical (unpaired) electrons. The molecule has 3 rings (SSSR count). The summed E-state index contributed by atoms with van der Waals surface area (Å²) in [7, 11) is 0. The largest absolute Gasteiger partial charge is 0.348 e. The van der Waals surface area contributed by atoms with E-state index in [1.807, 2.05) is 61.1 Å². The second-order valence-corrected chi connectivity index (χ2v) is 6.03. The minimum absolute atomic E-state index is 0.0457. The Kier molecular flexibility index (Phi) is 4.75. The van der Waals surface area contributed by atoms with E-state index in [0.29, 0.717) is 18.7 Å². The van der Waals surface area contributed by atoms with Gasteiger partial charge in [-0.15, -0.1) is 0 Å². The van der Waals surface area contributed by atoms with E-state index in [2.05, 4.69) is 22.5 Å². The molecule has 0 spiro atoms. The zero-order valence-electron chi connectivity index (χ0n) is 14.0. The molecule has 3 aromatic rings. The van der Waals surface area contributed by atoms with Gasteiger partial charge in [0.05, 0.1) is 6.54 Å². The van der Waals surface area contributed by atoms with Crippen LogP contribution < -0.4 is 5.32 Å². The highest BCUT2D eigenvalue weighted by atomic mass is 16.1. The maximum absolute atomic E-state index is 12.4. The molecule has 1 amide bonds. The third-order valence-corrected chi connectivity index (χ3v) is 3.93. The summed E-state index contributed by atoms with van der Waals surface area (Å²) < 4.78 is 1.88. The molecule has 0 atom stereocenters. The third-order valence-electron chi connectivity index (χ3n) is 3.93. The minimum atomic E-state index is -0.0457. The topological polar surface area (TPSA) is 46.9 Å². The average molecular weight is 319 g/mol. The lowest BCUT2D eigenvalue weighted by Gasteiger charge is -2.11. The van der Waals surface area contributed by atoms with Crippen LogP contribution in [0.4, 0.5) is 0 Å². The lowest BCUT2D eigenvalue weighted by Crippen LogP contribution is -2.23. The van der Waals surface area contributed by atoms with Crippen LogP contribution >= 0.6 is 0 Å². The number of carbonyl (C=O) groups excluding carboxylic acids is 1. The summed E-state index contributed by atoms with van der Waals surface area (Å²) in [5.74, 6) is -0.0457. The predicted molar refractivity (Wildman–Crippen MR) is 94.9 cm³/mol. The van der Waals surface area contributed by atoms with Gasteiger partial charge in [-0.2, -0.15) is 5.10 Å². The molecule has 4 nitrogen and oxygen atoms in total. The summed E-state index contributed by atoms with van der Waals surface area (Å²) in [4.78, 5) is 12.4. The molecule has 0 bridgehead atoms. The highest BCUT2D eigenvalue weighted by molar-refractivity contribution is 5.94. The summed E-state index contributed by atoms with van der Waals surface area (Å²) in [5.41, 5.74) is 5.16. The molecule has 0 saturated carbocycles. The molecule has 24 heavy (non-hydrogen) atoms. The van der Waals surface area contributed by atoms with Crippen LogP contribution in [-0.4, -0.2) is 15.7 Å². The fourth-order valence-electron chi connectivity index (χ4n) is 2.84. The van der Waals surface area contributed by atoms with Crippen molar-refractivity contribution in [3.63, 3.8) is 0 Å². The van der Waals surface area contributed by atoms with Crippen LogP contribution in [0.5, 0.6) is 0 Å². The van der Waals surface area contributed by atoms with Gasteiger partial charge in [0.15, 0.2) is 0 Å². The van der Waals surface area contributed by atoms with Crippen LogP contribution in [0, 0.1) is 13.8 Å². The molecular formula is C20H21N3O. The first-order valence-electron chi connectivity index (χ1n) is 8.02. The van der Waals surface area contributed by atoms with E-state index in [1.54, 1.807) is 6.20 Å². The van der Waals surface area contributed by atoms with E-state index in [1.165, 1.54) is 0 Å². The first kappa shape index (κ1) is 16.0. The number of amides is 1. The first-order chi connectivity index (χ1) is 11.6. The molecule has 0 fully saturated rings. The van der Waals surface area contributed by atoms with Crippen LogP contribution in [0.2, 0.25) is 0 Å². The Morgan fingerprint density at radius 3 is 2.42 bits per heavy atom. The Balaban J connectivity index is 1.71. The Hall–Kier alpha value is -2.88. The van der Waals surface area contributed by atoms with Crippen LogP contribution in [0.25, 0.3) is 0 Å². The van der Waals surface area contributed by atoms with E-state index in [-0.39, 0.29) is 5.91 Å². The standard InChI is InChI=1S/C20H21N3O/c1-15-10-16(2)12-19(11-15)20(24)21-13-17-6-3-4-7-18(17)14-23-9-5-8-22-23/h3-12H,13-14H2,1-2H3,(H,21,24). The van der Waals surface area contributed by atoms with Crippen molar-refractivity contribution in [2.24, 2.45) is 0 Å². The number of aryl methyl sites for hydroxylation is 2. The van der Waals surface area contributed by atoms with Crippen LogP contribution in [0.3, 0.4) is 0 Å². The highest BCUT2D eigenvalue weighted by Gasteiger charge is 2.08. The van der Waals surface area contributed by atoms with E-state index in [9.17, 15) is 4.79 Å². The lowest BCUT2D eigenvalue weighted by atomic mass is 10.1. The normalized spacial score (nSPS) is 10.6. The highest BCUT2D eigenvalue weighted by Crippen LogP contribution is 2.12. The van der Waals surface area contributed by atoms with Gasteiger partial charge in [-0.1, -0.05) is 41.5 Å². The maximum Gasteiger partial charge on any atom is 0.251 e. The number of hydrogen-bond acceptors (Lipinski definition) is 2. The molecule has 0 aliphatic carbocycles. The molecule has 122 valence electrons. The van der Waals surface area contributed by atoms with E-state index < -0.39 is 0 Å². The molecular weight excluding hydrogens is 298 g/mol. The van der Waals surface area contributed by atoms with E-state index in [4.69, 9.17) is 0 Å². The summed E-state index contributed by atoms with van der Waals surface area (Å²) in [6.07, 6.45) is 3.70. The molecule has 0 saturated heterocycles. The number of benzene rings is 2. The second-order valence-electron chi connectivity index (χ2n) is 6.03. The second kappa shape index (κ2) is 7.13. The summed E-state index contributed by atoms with van der Waals surface area (Å²) in [5, 5.41) is 7.27. The Labute approximate surface area is 142 Å². The molecule has 0 unspecified atom stereocenters. The van der Waals surface area contributed by atoms with Gasteiger partial charge >= 0.3 is 0 Å². The zero-order valence-corrected chi connectivity index (χ0v) is 14.0. The van der Waals surface area contributed by atoms with Gasteiger partial charge in [-0.25, -0.2) is 0 Å². The summed E-state index contributed by atoms with van der Waals surface area (Å²) in [6, 6.07) is 15.9. The van der Waals surface area contributed by atoms with Crippen molar-refractivity contribution in [2.45, 2.75) is 26.9 Å². The Bertz CT molecular complexity index is 818. The van der Waals surface area contributed by atoms with Gasteiger partial charge in [0.2, 0.25) is 0 Å². The van der Waals surface area contributed by atoms with Crippen LogP contribution in [-0.2, 0) is 13.1 Å². The molecule has 0 aliphatic rings. The monoisotopic (exact) mass is 319 g/mol. The van der Waals surface area contributed by atoms with E-state index >= 15 is 0 Å². The molecule has 0 aliphatic heterocycles. The van der Waals surface area contributed by atoms with E-state index in [0.717, 1.165) is 22.3 Å². The van der Waals surface area contributed by atoms with Gasteiger partial charge in [0.1, 0.15) is 0 Å². The third kappa shape index (κ3) is 3.90. The molecule has 2 aromatic carbocycles. The number of hydrogen-bond donors (Lipinski definition) is 1. The van der Waals surface area contributed by atoms with Crippen molar-refractivity contribution in [1.29, 1.82) is 0 Å². The molecule has 1 heterocycles. The SMILES string of the molecule is Cc1cc(C)cc(C(=O)NCc2ccccc2Cn2cccn2)c1. The van der Waals surface area contributed by atoms with Crippen molar-refractivity contribution < 1.29 is 4.79 Å². The van der Waals surface area contributed by atoms with Crippen molar-refractivity contribution >= 4 is 5.91 Å². The van der Waals surface area contributed by atoms with Crippen LogP contribution in [0.15, 0.2) is 60.9 Å². The van der Waals surface area contributed by atoms with Crippen molar-refractivity contribution in [3.05, 3.63) is 88.7 Å². The number of carbonyl (C=O) groups is 1.